The van der Waals surface area contributed by atoms with Gasteiger partial charge in [0.15, 0.2) is 5.13 Å². The molecule has 0 unspecified atom stereocenters. The molecule has 1 N–H and O–H groups in total. The zero-order chi connectivity index (χ0) is 23.3. The van der Waals surface area contributed by atoms with Crippen molar-refractivity contribution in [1.82, 2.24) is 9.97 Å². The lowest BCUT2D eigenvalue weighted by atomic mass is 10.1. The van der Waals surface area contributed by atoms with E-state index < -0.39 is 16.9 Å². The van der Waals surface area contributed by atoms with Gasteiger partial charge in [0.1, 0.15) is 30.4 Å². The van der Waals surface area contributed by atoms with Crippen LogP contribution in [0, 0.1) is 5.13 Å². The zero-order valence-corrected chi connectivity index (χ0v) is 17.8. The van der Waals surface area contributed by atoms with Crippen molar-refractivity contribution < 1.29 is 27.0 Å². The fourth-order valence-corrected chi connectivity index (χ4v) is 3.68. The van der Waals surface area contributed by atoms with E-state index >= 15 is 0 Å². The topological polar surface area (TPSA) is 56.3 Å². The second-order valence-corrected chi connectivity index (χ2v) is 7.68. The molecule has 33 heavy (non-hydrogen) atoms. The van der Waals surface area contributed by atoms with E-state index in [4.69, 9.17) is 9.47 Å². The molecule has 0 amide bonds. The van der Waals surface area contributed by atoms with Crippen molar-refractivity contribution in [2.24, 2.45) is 0 Å². The third-order valence-corrected chi connectivity index (χ3v) is 5.17. The molecular formula is C23H17F4N3O2S. The van der Waals surface area contributed by atoms with E-state index in [2.05, 4.69) is 15.3 Å². The molecule has 0 aliphatic carbocycles. The summed E-state index contributed by atoms with van der Waals surface area (Å²) in [6.07, 6.45) is -1.65. The number of nitrogens with one attached hydrogen (secondary N) is 1. The minimum absolute atomic E-state index is 0.0725. The van der Waals surface area contributed by atoms with E-state index in [-0.39, 0.29) is 35.5 Å². The summed E-state index contributed by atoms with van der Waals surface area (Å²) in [5.41, 5.74) is -0.319. The molecule has 0 aliphatic heterocycles. The lowest BCUT2D eigenvalue weighted by Crippen LogP contribution is -2.13. The number of hydrogen-bond donors (Lipinski definition) is 1. The van der Waals surface area contributed by atoms with Crippen molar-refractivity contribution in [1.29, 1.82) is 0 Å². The summed E-state index contributed by atoms with van der Waals surface area (Å²) in [5, 5.41) is 2.28. The number of aromatic nitrogens is 2. The van der Waals surface area contributed by atoms with Gasteiger partial charge in [-0.25, -0.2) is 4.98 Å². The SMILES string of the molecule is Fc1sc(Nc2ccc(OCCOc3ccccc3)c(C(F)(F)F)c2)nc1-c1cccnc1. The summed E-state index contributed by atoms with van der Waals surface area (Å²) in [4.78, 5) is 8.06. The third kappa shape index (κ3) is 5.78. The highest BCUT2D eigenvalue weighted by atomic mass is 32.1. The number of para-hydroxylation sites is 1. The van der Waals surface area contributed by atoms with Crippen molar-refractivity contribution in [3.63, 3.8) is 0 Å². The van der Waals surface area contributed by atoms with Crippen LogP contribution >= 0.6 is 11.3 Å². The first kappa shape index (κ1) is 22.5. The molecule has 0 aliphatic rings. The van der Waals surface area contributed by atoms with Gasteiger partial charge in [-0.3, -0.25) is 4.98 Å². The van der Waals surface area contributed by atoms with E-state index in [0.717, 1.165) is 6.07 Å². The van der Waals surface area contributed by atoms with Crippen LogP contribution in [-0.2, 0) is 6.18 Å². The summed E-state index contributed by atoms with van der Waals surface area (Å²) >= 11 is 0.691. The fourth-order valence-electron chi connectivity index (χ4n) is 2.94. The van der Waals surface area contributed by atoms with Gasteiger partial charge in [0.05, 0.1) is 5.56 Å². The standard InChI is InChI=1S/C23H17F4N3O2S/c24-21-20(15-5-4-10-28-14-15)30-22(33-21)29-16-8-9-19(18(13-16)23(25,26)27)32-12-11-31-17-6-2-1-3-7-17/h1-10,13-14H,11-12H2,(H,29,30). The lowest BCUT2D eigenvalue weighted by molar-refractivity contribution is -0.139. The average molecular weight is 475 g/mol. The van der Waals surface area contributed by atoms with Gasteiger partial charge in [-0.05, 0) is 42.5 Å². The van der Waals surface area contributed by atoms with E-state index in [1.807, 2.05) is 6.07 Å². The Balaban J connectivity index is 1.46. The van der Waals surface area contributed by atoms with Gasteiger partial charge in [0, 0.05) is 23.6 Å². The monoisotopic (exact) mass is 475 g/mol. The van der Waals surface area contributed by atoms with Crippen LogP contribution in [0.15, 0.2) is 73.1 Å². The first-order chi connectivity index (χ1) is 15.9. The quantitative estimate of drug-likeness (QED) is 0.231. The second kappa shape index (κ2) is 9.86. The van der Waals surface area contributed by atoms with Crippen LogP contribution in [0.5, 0.6) is 11.5 Å². The Bertz CT molecular complexity index is 1200. The molecule has 5 nitrogen and oxygen atoms in total. The number of rotatable bonds is 8. The Morgan fingerprint density at radius 1 is 0.939 bits per heavy atom. The number of benzene rings is 2. The summed E-state index contributed by atoms with van der Waals surface area (Å²) in [6.45, 7) is 0.00767. The molecule has 0 radical (unpaired) electrons. The molecule has 0 fully saturated rings. The van der Waals surface area contributed by atoms with Crippen LogP contribution < -0.4 is 14.8 Å². The highest BCUT2D eigenvalue weighted by Gasteiger charge is 2.35. The van der Waals surface area contributed by atoms with Gasteiger partial charge in [-0.1, -0.05) is 29.5 Å². The first-order valence-electron chi connectivity index (χ1n) is 9.76. The second-order valence-electron chi connectivity index (χ2n) is 6.73. The molecule has 0 bridgehead atoms. The molecule has 2 heterocycles. The number of anilines is 2. The highest BCUT2D eigenvalue weighted by molar-refractivity contribution is 7.14. The lowest BCUT2D eigenvalue weighted by Gasteiger charge is -2.16. The molecule has 0 saturated heterocycles. The summed E-state index contributed by atoms with van der Waals surface area (Å²) < 4.78 is 65.9. The third-order valence-electron chi connectivity index (χ3n) is 4.41. The van der Waals surface area contributed by atoms with Crippen molar-refractivity contribution in [2.75, 3.05) is 18.5 Å². The first-order valence-corrected chi connectivity index (χ1v) is 10.6. The molecule has 4 rings (SSSR count). The molecule has 170 valence electrons. The number of thiazole rings is 1. The smallest absolute Gasteiger partial charge is 0.420 e. The van der Waals surface area contributed by atoms with Crippen LogP contribution in [0.2, 0.25) is 0 Å². The van der Waals surface area contributed by atoms with Crippen molar-refractivity contribution in [3.8, 4) is 22.8 Å². The molecule has 10 heteroatoms. The maximum atomic E-state index is 14.3. The number of nitrogens with zero attached hydrogens (tertiary/aromatic N) is 2. The Hall–Kier alpha value is -3.66. The maximum Gasteiger partial charge on any atom is 0.420 e. The molecular weight excluding hydrogens is 458 g/mol. The fraction of sp³-hybridized carbons (Fsp3) is 0.130. The molecule has 4 aromatic rings. The van der Waals surface area contributed by atoms with Crippen molar-refractivity contribution >= 4 is 22.2 Å². The van der Waals surface area contributed by atoms with Crippen LogP contribution in [0.4, 0.5) is 28.4 Å². The molecule has 2 aromatic carbocycles. The van der Waals surface area contributed by atoms with Gasteiger partial charge in [-0.15, -0.1) is 0 Å². The number of ether oxygens (including phenoxy) is 2. The van der Waals surface area contributed by atoms with Crippen molar-refractivity contribution in [3.05, 3.63) is 83.8 Å². The van der Waals surface area contributed by atoms with Crippen LogP contribution in [0.1, 0.15) is 5.56 Å². The Kier molecular flexibility index (Phi) is 6.74. The minimum Gasteiger partial charge on any atom is -0.490 e. The summed E-state index contributed by atoms with van der Waals surface area (Å²) in [7, 11) is 0. The van der Waals surface area contributed by atoms with Gasteiger partial charge in [0.2, 0.25) is 5.13 Å². The van der Waals surface area contributed by atoms with Crippen LogP contribution in [0.25, 0.3) is 11.3 Å². The van der Waals surface area contributed by atoms with E-state index in [1.54, 1.807) is 42.6 Å². The largest absolute Gasteiger partial charge is 0.490 e. The molecule has 0 atom stereocenters. The average Bonchev–Trinajstić information content (AvgIpc) is 3.18. The van der Waals surface area contributed by atoms with Crippen LogP contribution in [-0.4, -0.2) is 23.2 Å². The van der Waals surface area contributed by atoms with E-state index in [0.29, 0.717) is 22.6 Å². The zero-order valence-electron chi connectivity index (χ0n) is 17.0. The maximum absolute atomic E-state index is 14.3. The predicted molar refractivity (Wildman–Crippen MR) is 117 cm³/mol. The summed E-state index contributed by atoms with van der Waals surface area (Å²) in [6, 6.07) is 15.7. The van der Waals surface area contributed by atoms with Gasteiger partial charge >= 0.3 is 6.18 Å². The predicted octanol–water partition coefficient (Wildman–Crippen LogP) is 6.56. The number of hydrogen-bond acceptors (Lipinski definition) is 6. The molecule has 0 spiro atoms. The number of pyridine rings is 1. The van der Waals surface area contributed by atoms with Gasteiger partial charge < -0.3 is 14.8 Å². The van der Waals surface area contributed by atoms with Crippen LogP contribution in [0.3, 0.4) is 0 Å². The van der Waals surface area contributed by atoms with E-state index in [1.165, 1.54) is 18.3 Å². The number of alkyl halides is 3. The van der Waals surface area contributed by atoms with Gasteiger partial charge in [-0.2, -0.15) is 17.6 Å². The molecule has 2 aromatic heterocycles. The summed E-state index contributed by atoms with van der Waals surface area (Å²) in [5.74, 6) is 0.268. The van der Waals surface area contributed by atoms with Gasteiger partial charge in [0.25, 0.3) is 0 Å². The Morgan fingerprint density at radius 2 is 1.73 bits per heavy atom. The molecule has 0 saturated carbocycles. The Labute approximate surface area is 190 Å². The normalized spacial score (nSPS) is 11.3. The minimum atomic E-state index is -4.65. The van der Waals surface area contributed by atoms with E-state index in [9.17, 15) is 17.6 Å². The number of halogens is 4. The Morgan fingerprint density at radius 3 is 2.45 bits per heavy atom. The highest BCUT2D eigenvalue weighted by Crippen LogP contribution is 2.39. The van der Waals surface area contributed by atoms with Crippen molar-refractivity contribution in [2.45, 2.75) is 6.18 Å².